The minimum Gasteiger partial charge on any atom is -0.497 e. The molecule has 2 aromatic heterocycles. The summed E-state index contributed by atoms with van der Waals surface area (Å²) in [4.78, 5) is 15.0. The van der Waals surface area contributed by atoms with Gasteiger partial charge in [-0.3, -0.25) is 0 Å². The first-order valence-corrected chi connectivity index (χ1v) is 12.2. The zero-order valence-corrected chi connectivity index (χ0v) is 19.7. The minimum absolute atomic E-state index is 0.714. The largest absolute Gasteiger partial charge is 0.497 e. The monoisotopic (exact) mass is 454 g/mol. The van der Waals surface area contributed by atoms with Gasteiger partial charge in [-0.2, -0.15) is 15.1 Å². The fourth-order valence-corrected chi connectivity index (χ4v) is 5.07. The van der Waals surface area contributed by atoms with E-state index in [1.165, 1.54) is 30.4 Å². The number of nitrogens with zero attached hydrogens (tertiary/aromatic N) is 6. The molecule has 0 amide bonds. The molecule has 6 rings (SSSR count). The van der Waals surface area contributed by atoms with Crippen LogP contribution >= 0.6 is 0 Å². The zero-order chi connectivity index (χ0) is 22.9. The Morgan fingerprint density at radius 3 is 2.35 bits per heavy atom. The van der Waals surface area contributed by atoms with E-state index in [2.05, 4.69) is 56.9 Å². The van der Waals surface area contributed by atoms with Gasteiger partial charge in [-0.05, 0) is 42.5 Å². The van der Waals surface area contributed by atoms with Gasteiger partial charge in [0.25, 0.3) is 0 Å². The Bertz CT molecular complexity index is 1280. The van der Waals surface area contributed by atoms with Gasteiger partial charge >= 0.3 is 0 Å². The molecule has 4 heterocycles. The topological polar surface area (TPSA) is 59.3 Å². The maximum Gasteiger partial charge on any atom is 0.229 e. The first-order valence-electron chi connectivity index (χ1n) is 12.2. The van der Waals surface area contributed by atoms with E-state index in [0.717, 1.165) is 66.8 Å². The van der Waals surface area contributed by atoms with Crippen LogP contribution in [0.25, 0.3) is 11.0 Å². The van der Waals surface area contributed by atoms with Crippen molar-refractivity contribution in [2.75, 3.05) is 36.5 Å². The molecule has 1 saturated heterocycles. The highest BCUT2D eigenvalue weighted by molar-refractivity contribution is 5.92. The van der Waals surface area contributed by atoms with Crippen LogP contribution in [0.4, 0.5) is 11.8 Å². The lowest BCUT2D eigenvalue weighted by Crippen LogP contribution is -2.33. The summed E-state index contributed by atoms with van der Waals surface area (Å²) in [6.45, 7) is 4.45. The third-order valence-corrected chi connectivity index (χ3v) is 6.90. The standard InChI is InChI=1S/C27H30N6O/c1-34-22-12-10-21(11-13-22)18-32-17-14-23-24-25(32)28-27(31-15-6-3-7-16-31)29-26(24)33(30-23)19-20-8-4-2-5-9-20/h2,4-5,8-13H,3,6-7,14-19H2,1H3. The molecule has 2 aliphatic rings. The molecule has 2 aliphatic heterocycles. The molecule has 0 spiro atoms. The molecular weight excluding hydrogens is 424 g/mol. The molecule has 0 atom stereocenters. The lowest BCUT2D eigenvalue weighted by atomic mass is 10.1. The van der Waals surface area contributed by atoms with Crippen molar-refractivity contribution >= 4 is 22.8 Å². The molecule has 0 bridgehead atoms. The van der Waals surface area contributed by atoms with Crippen LogP contribution in [-0.2, 0) is 19.5 Å². The van der Waals surface area contributed by atoms with Gasteiger partial charge in [0, 0.05) is 32.6 Å². The number of methoxy groups -OCH3 is 1. The maximum absolute atomic E-state index is 5.34. The first-order chi connectivity index (χ1) is 16.8. The molecule has 2 aromatic carbocycles. The molecule has 0 unspecified atom stereocenters. The molecule has 7 heteroatoms. The van der Waals surface area contributed by atoms with Crippen LogP contribution in [0.5, 0.6) is 5.75 Å². The average Bonchev–Trinajstić information content (AvgIpc) is 3.25. The summed E-state index contributed by atoms with van der Waals surface area (Å²) < 4.78 is 7.41. The third-order valence-electron chi connectivity index (χ3n) is 6.90. The predicted octanol–water partition coefficient (Wildman–Crippen LogP) is 4.44. The summed E-state index contributed by atoms with van der Waals surface area (Å²) in [5.74, 6) is 2.73. The molecule has 4 aromatic rings. The van der Waals surface area contributed by atoms with E-state index in [1.807, 2.05) is 12.1 Å². The Balaban J connectivity index is 1.42. The maximum atomic E-state index is 5.34. The second kappa shape index (κ2) is 8.97. The Morgan fingerprint density at radius 1 is 0.824 bits per heavy atom. The van der Waals surface area contributed by atoms with Crippen LogP contribution in [-0.4, -0.2) is 46.5 Å². The Hall–Kier alpha value is -3.61. The number of benzene rings is 2. The van der Waals surface area contributed by atoms with Crippen LogP contribution in [0.2, 0.25) is 0 Å². The molecule has 0 N–H and O–H groups in total. The van der Waals surface area contributed by atoms with E-state index in [0.29, 0.717) is 6.54 Å². The summed E-state index contributed by atoms with van der Waals surface area (Å²) in [6.07, 6.45) is 4.57. The normalized spacial score (nSPS) is 15.7. The minimum atomic E-state index is 0.714. The molecular formula is C27H30N6O. The van der Waals surface area contributed by atoms with E-state index < -0.39 is 0 Å². The van der Waals surface area contributed by atoms with Crippen LogP contribution < -0.4 is 14.5 Å². The average molecular weight is 455 g/mol. The summed E-state index contributed by atoms with van der Waals surface area (Å²) in [6, 6.07) is 18.8. The Morgan fingerprint density at radius 2 is 1.59 bits per heavy atom. The highest BCUT2D eigenvalue weighted by Gasteiger charge is 2.28. The number of anilines is 2. The van der Waals surface area contributed by atoms with Crippen LogP contribution in [0.15, 0.2) is 54.6 Å². The van der Waals surface area contributed by atoms with Gasteiger partial charge < -0.3 is 14.5 Å². The van der Waals surface area contributed by atoms with E-state index >= 15 is 0 Å². The molecule has 0 aliphatic carbocycles. The van der Waals surface area contributed by atoms with E-state index in [9.17, 15) is 0 Å². The van der Waals surface area contributed by atoms with Gasteiger partial charge in [-0.1, -0.05) is 42.5 Å². The smallest absolute Gasteiger partial charge is 0.229 e. The van der Waals surface area contributed by atoms with Crippen molar-refractivity contribution in [3.8, 4) is 5.75 Å². The summed E-state index contributed by atoms with van der Waals surface area (Å²) in [7, 11) is 1.70. The van der Waals surface area contributed by atoms with Crippen LogP contribution in [0, 0.1) is 0 Å². The van der Waals surface area contributed by atoms with Crippen molar-refractivity contribution in [1.82, 2.24) is 19.7 Å². The fraction of sp³-hybridized carbons (Fsp3) is 0.370. The SMILES string of the molecule is COc1ccc(CN2CCc3nn(Cc4ccccc4)c4nc(N5CCCCC5)nc2c34)cc1. The number of hydrogen-bond acceptors (Lipinski definition) is 6. The van der Waals surface area contributed by atoms with Gasteiger partial charge in [0.05, 0.1) is 24.7 Å². The lowest BCUT2D eigenvalue weighted by molar-refractivity contribution is 0.414. The number of aromatic nitrogens is 4. The van der Waals surface area contributed by atoms with E-state index in [-0.39, 0.29) is 0 Å². The van der Waals surface area contributed by atoms with Gasteiger partial charge in [-0.25, -0.2) is 4.68 Å². The van der Waals surface area contributed by atoms with Crippen molar-refractivity contribution < 1.29 is 4.74 Å². The molecule has 174 valence electrons. The third kappa shape index (κ3) is 3.95. The Kier molecular flexibility index (Phi) is 5.53. The van der Waals surface area contributed by atoms with Gasteiger partial charge in [0.15, 0.2) is 5.65 Å². The number of piperidine rings is 1. The van der Waals surface area contributed by atoms with E-state index in [1.54, 1.807) is 7.11 Å². The molecule has 1 fully saturated rings. The molecule has 7 nitrogen and oxygen atoms in total. The van der Waals surface area contributed by atoms with Gasteiger partial charge in [0.1, 0.15) is 11.6 Å². The molecule has 0 radical (unpaired) electrons. The van der Waals surface area contributed by atoms with Gasteiger partial charge in [0.2, 0.25) is 5.95 Å². The number of hydrogen-bond donors (Lipinski definition) is 0. The summed E-state index contributed by atoms with van der Waals surface area (Å²) in [5.41, 5.74) is 4.53. The van der Waals surface area contributed by atoms with Crippen molar-refractivity contribution in [1.29, 1.82) is 0 Å². The van der Waals surface area contributed by atoms with Crippen molar-refractivity contribution in [3.63, 3.8) is 0 Å². The molecule has 34 heavy (non-hydrogen) atoms. The summed E-state index contributed by atoms with van der Waals surface area (Å²) >= 11 is 0. The fourth-order valence-electron chi connectivity index (χ4n) is 5.07. The number of ether oxygens (including phenoxy) is 1. The first kappa shape index (κ1) is 21.0. The summed E-state index contributed by atoms with van der Waals surface area (Å²) in [5, 5.41) is 6.13. The highest BCUT2D eigenvalue weighted by Crippen LogP contribution is 2.35. The predicted molar refractivity (Wildman–Crippen MR) is 135 cm³/mol. The highest BCUT2D eigenvalue weighted by atomic mass is 16.5. The number of rotatable bonds is 6. The molecule has 0 saturated carbocycles. The van der Waals surface area contributed by atoms with Crippen molar-refractivity contribution in [2.45, 2.75) is 38.8 Å². The van der Waals surface area contributed by atoms with Crippen LogP contribution in [0.1, 0.15) is 36.1 Å². The van der Waals surface area contributed by atoms with Crippen molar-refractivity contribution in [2.24, 2.45) is 0 Å². The second-order valence-corrected chi connectivity index (χ2v) is 9.20. The second-order valence-electron chi connectivity index (χ2n) is 9.20. The Labute approximate surface area is 200 Å². The van der Waals surface area contributed by atoms with E-state index in [4.69, 9.17) is 19.8 Å². The van der Waals surface area contributed by atoms with Crippen molar-refractivity contribution in [3.05, 3.63) is 71.4 Å². The zero-order valence-electron chi connectivity index (χ0n) is 19.7. The van der Waals surface area contributed by atoms with Gasteiger partial charge in [-0.15, -0.1) is 0 Å². The quantitative estimate of drug-likeness (QED) is 0.429. The van der Waals surface area contributed by atoms with Crippen LogP contribution in [0.3, 0.4) is 0 Å². The lowest BCUT2D eigenvalue weighted by Gasteiger charge is -2.31.